The van der Waals surface area contributed by atoms with Crippen molar-refractivity contribution in [3.63, 3.8) is 0 Å². The Morgan fingerprint density at radius 2 is 1.58 bits per heavy atom. The van der Waals surface area contributed by atoms with E-state index in [0.717, 1.165) is 35.5 Å². The molecule has 0 bridgehead atoms. The number of halogens is 2. The number of piperazine rings is 1. The highest BCUT2D eigenvalue weighted by Crippen LogP contribution is 2.28. The molecule has 1 fully saturated rings. The number of fused-ring (bicyclic) bond motifs is 1. The average molecular weight is 451 g/mol. The molecule has 0 atom stereocenters. The summed E-state index contributed by atoms with van der Waals surface area (Å²) in [5.74, 6) is 0.0324. The summed E-state index contributed by atoms with van der Waals surface area (Å²) in [5.41, 5.74) is 4.52. The first-order valence-electron chi connectivity index (χ1n) is 10.1. The minimum atomic E-state index is 0.0324. The van der Waals surface area contributed by atoms with Crippen LogP contribution in [0.3, 0.4) is 0 Å². The maximum Gasteiger partial charge on any atom is 0.254 e. The van der Waals surface area contributed by atoms with Gasteiger partial charge in [0, 0.05) is 43.1 Å². The van der Waals surface area contributed by atoms with Gasteiger partial charge in [-0.2, -0.15) is 0 Å². The first-order chi connectivity index (χ1) is 15.1. The second-order valence-corrected chi connectivity index (χ2v) is 8.35. The van der Waals surface area contributed by atoms with Crippen LogP contribution < -0.4 is 4.90 Å². The number of carbonyl (C=O) groups excluding carboxylic acids is 1. The quantitative estimate of drug-likeness (QED) is 0.425. The number of para-hydroxylation sites is 1. The van der Waals surface area contributed by atoms with E-state index in [1.54, 1.807) is 12.4 Å². The molecule has 1 saturated heterocycles. The van der Waals surface area contributed by atoms with Gasteiger partial charge in [0.25, 0.3) is 5.91 Å². The Balaban J connectivity index is 1.31. The SMILES string of the molecule is O=C(c1ccc2c(c1)ncn2-c1ccccc1)N1CCN(c2ccc(Cl)c(Cl)c2)CC1. The van der Waals surface area contributed by atoms with E-state index in [1.165, 1.54) is 0 Å². The monoisotopic (exact) mass is 450 g/mol. The molecule has 0 unspecified atom stereocenters. The lowest BCUT2D eigenvalue weighted by molar-refractivity contribution is 0.0747. The zero-order chi connectivity index (χ0) is 21.4. The zero-order valence-corrected chi connectivity index (χ0v) is 18.2. The predicted molar refractivity (Wildman–Crippen MR) is 126 cm³/mol. The number of hydrogen-bond donors (Lipinski definition) is 0. The Morgan fingerprint density at radius 3 is 2.32 bits per heavy atom. The van der Waals surface area contributed by atoms with E-state index >= 15 is 0 Å². The van der Waals surface area contributed by atoms with Gasteiger partial charge in [-0.25, -0.2) is 4.98 Å². The molecule has 1 aliphatic heterocycles. The van der Waals surface area contributed by atoms with Crippen LogP contribution in [-0.4, -0.2) is 46.5 Å². The van der Waals surface area contributed by atoms with Crippen molar-refractivity contribution in [3.05, 3.63) is 88.7 Å². The van der Waals surface area contributed by atoms with Crippen LogP contribution in [0.25, 0.3) is 16.7 Å². The lowest BCUT2D eigenvalue weighted by Crippen LogP contribution is -2.48. The van der Waals surface area contributed by atoms with Crippen LogP contribution in [0.5, 0.6) is 0 Å². The standard InChI is InChI=1S/C24H20Cl2N4O/c25-20-8-7-19(15-21(20)26)28-10-12-29(13-11-28)24(31)17-6-9-23-22(14-17)27-16-30(23)18-4-2-1-3-5-18/h1-9,14-16H,10-13H2. The van der Waals surface area contributed by atoms with Crippen molar-refractivity contribution >= 4 is 45.8 Å². The Kier molecular flexibility index (Phi) is 5.30. The molecule has 0 radical (unpaired) electrons. The van der Waals surface area contributed by atoms with E-state index in [-0.39, 0.29) is 5.91 Å². The van der Waals surface area contributed by atoms with Gasteiger partial charge < -0.3 is 9.80 Å². The molecule has 156 valence electrons. The first-order valence-corrected chi connectivity index (χ1v) is 10.9. The second kappa shape index (κ2) is 8.25. The van der Waals surface area contributed by atoms with Gasteiger partial charge in [0.2, 0.25) is 0 Å². The minimum absolute atomic E-state index is 0.0324. The molecule has 5 rings (SSSR count). The van der Waals surface area contributed by atoms with Crippen molar-refractivity contribution in [1.29, 1.82) is 0 Å². The Morgan fingerprint density at radius 1 is 0.806 bits per heavy atom. The summed E-state index contributed by atoms with van der Waals surface area (Å²) in [6.45, 7) is 2.79. The minimum Gasteiger partial charge on any atom is -0.368 e. The Labute approximate surface area is 190 Å². The average Bonchev–Trinajstić information content (AvgIpc) is 3.24. The van der Waals surface area contributed by atoms with Crippen LogP contribution in [-0.2, 0) is 0 Å². The van der Waals surface area contributed by atoms with Crippen LogP contribution in [0, 0.1) is 0 Å². The summed E-state index contributed by atoms with van der Waals surface area (Å²) in [6, 6.07) is 21.4. The molecule has 31 heavy (non-hydrogen) atoms. The lowest BCUT2D eigenvalue weighted by Gasteiger charge is -2.36. The molecule has 1 amide bonds. The molecule has 3 aromatic carbocycles. The first kappa shape index (κ1) is 19.9. The van der Waals surface area contributed by atoms with E-state index in [1.807, 2.05) is 70.1 Å². The highest BCUT2D eigenvalue weighted by Gasteiger charge is 2.23. The van der Waals surface area contributed by atoms with Gasteiger partial charge >= 0.3 is 0 Å². The number of aromatic nitrogens is 2. The number of rotatable bonds is 3. The van der Waals surface area contributed by atoms with Crippen LogP contribution >= 0.6 is 23.2 Å². The van der Waals surface area contributed by atoms with E-state index in [2.05, 4.69) is 9.88 Å². The maximum atomic E-state index is 13.1. The number of anilines is 1. The second-order valence-electron chi connectivity index (χ2n) is 7.53. The van der Waals surface area contributed by atoms with E-state index in [4.69, 9.17) is 23.2 Å². The molecule has 1 aromatic heterocycles. The number of nitrogens with zero attached hydrogens (tertiary/aromatic N) is 4. The third-order valence-corrected chi connectivity index (χ3v) is 6.40. The molecule has 0 saturated carbocycles. The molecule has 0 N–H and O–H groups in total. The van der Waals surface area contributed by atoms with Crippen LogP contribution in [0.2, 0.25) is 10.0 Å². The largest absolute Gasteiger partial charge is 0.368 e. The fourth-order valence-electron chi connectivity index (χ4n) is 3.97. The van der Waals surface area contributed by atoms with Crippen molar-refractivity contribution in [2.45, 2.75) is 0 Å². The number of hydrogen-bond acceptors (Lipinski definition) is 3. The molecular weight excluding hydrogens is 431 g/mol. The maximum absolute atomic E-state index is 13.1. The zero-order valence-electron chi connectivity index (χ0n) is 16.7. The van der Waals surface area contributed by atoms with Crippen molar-refractivity contribution in [3.8, 4) is 5.69 Å². The molecule has 5 nitrogen and oxygen atoms in total. The summed E-state index contributed by atoms with van der Waals surface area (Å²) >= 11 is 12.2. The van der Waals surface area contributed by atoms with Crippen molar-refractivity contribution in [1.82, 2.24) is 14.5 Å². The van der Waals surface area contributed by atoms with Gasteiger partial charge in [0.15, 0.2) is 0 Å². The number of amides is 1. The number of carbonyl (C=O) groups is 1. The smallest absolute Gasteiger partial charge is 0.254 e. The normalized spacial score (nSPS) is 14.3. The third kappa shape index (κ3) is 3.87. The van der Waals surface area contributed by atoms with Crippen LogP contribution in [0.15, 0.2) is 73.1 Å². The predicted octanol–water partition coefficient (Wildman–Crippen LogP) is 5.29. The third-order valence-electron chi connectivity index (χ3n) is 5.66. The summed E-state index contributed by atoms with van der Waals surface area (Å²) in [4.78, 5) is 21.7. The highest BCUT2D eigenvalue weighted by molar-refractivity contribution is 6.42. The molecule has 7 heteroatoms. The van der Waals surface area contributed by atoms with E-state index in [9.17, 15) is 4.79 Å². The van der Waals surface area contributed by atoms with Crippen molar-refractivity contribution in [2.24, 2.45) is 0 Å². The fourth-order valence-corrected chi connectivity index (χ4v) is 4.26. The van der Waals surface area contributed by atoms with Gasteiger partial charge in [0.1, 0.15) is 6.33 Å². The van der Waals surface area contributed by atoms with Crippen LogP contribution in [0.1, 0.15) is 10.4 Å². The van der Waals surface area contributed by atoms with Gasteiger partial charge in [0.05, 0.1) is 21.1 Å². The molecular formula is C24H20Cl2N4O. The summed E-state index contributed by atoms with van der Waals surface area (Å²) < 4.78 is 2.03. The van der Waals surface area contributed by atoms with Gasteiger partial charge in [-0.1, -0.05) is 41.4 Å². The summed E-state index contributed by atoms with van der Waals surface area (Å²) in [6.07, 6.45) is 1.80. The van der Waals surface area contributed by atoms with E-state index < -0.39 is 0 Å². The summed E-state index contributed by atoms with van der Waals surface area (Å²) in [5, 5.41) is 1.09. The molecule has 0 aliphatic carbocycles. The Hall–Kier alpha value is -3.02. The van der Waals surface area contributed by atoms with Crippen molar-refractivity contribution < 1.29 is 4.79 Å². The molecule has 1 aliphatic rings. The van der Waals surface area contributed by atoms with Crippen LogP contribution in [0.4, 0.5) is 5.69 Å². The van der Waals surface area contributed by atoms with Gasteiger partial charge in [-0.3, -0.25) is 9.36 Å². The topological polar surface area (TPSA) is 41.4 Å². The molecule has 4 aromatic rings. The number of benzene rings is 3. The highest BCUT2D eigenvalue weighted by atomic mass is 35.5. The summed E-state index contributed by atoms with van der Waals surface area (Å²) in [7, 11) is 0. The van der Waals surface area contributed by atoms with Crippen molar-refractivity contribution in [2.75, 3.05) is 31.1 Å². The van der Waals surface area contributed by atoms with E-state index in [0.29, 0.717) is 28.7 Å². The molecule has 2 heterocycles. The molecule has 0 spiro atoms. The van der Waals surface area contributed by atoms with Gasteiger partial charge in [-0.05, 0) is 48.5 Å². The Bertz CT molecular complexity index is 1250. The lowest BCUT2D eigenvalue weighted by atomic mass is 10.1. The fraction of sp³-hybridized carbons (Fsp3) is 0.167. The number of imidazole rings is 1. The van der Waals surface area contributed by atoms with Gasteiger partial charge in [-0.15, -0.1) is 0 Å².